The molecule has 0 aromatic heterocycles. The summed E-state index contributed by atoms with van der Waals surface area (Å²) < 4.78 is 0. The SMILES string of the molecule is CNCCCN1CC(C)CCC1C. The van der Waals surface area contributed by atoms with E-state index in [1.165, 1.54) is 32.4 Å². The summed E-state index contributed by atoms with van der Waals surface area (Å²) in [6.45, 7) is 8.47. The molecular weight excluding hydrogens is 160 g/mol. The van der Waals surface area contributed by atoms with Gasteiger partial charge < -0.3 is 10.2 Å². The second kappa shape index (κ2) is 5.61. The summed E-state index contributed by atoms with van der Waals surface area (Å²) in [5, 5.41) is 3.21. The zero-order valence-electron chi connectivity index (χ0n) is 9.34. The van der Waals surface area contributed by atoms with Crippen molar-refractivity contribution in [2.75, 3.05) is 26.7 Å². The lowest BCUT2D eigenvalue weighted by Crippen LogP contribution is -2.42. The van der Waals surface area contributed by atoms with Gasteiger partial charge in [0.1, 0.15) is 0 Å². The zero-order valence-corrected chi connectivity index (χ0v) is 9.34. The molecule has 0 aliphatic carbocycles. The Hall–Kier alpha value is -0.0800. The van der Waals surface area contributed by atoms with Crippen molar-refractivity contribution >= 4 is 0 Å². The monoisotopic (exact) mass is 184 g/mol. The maximum Gasteiger partial charge on any atom is 0.00671 e. The highest BCUT2D eigenvalue weighted by Crippen LogP contribution is 2.20. The molecule has 2 heteroatoms. The first kappa shape index (κ1) is 11.0. The quantitative estimate of drug-likeness (QED) is 0.669. The maximum absolute atomic E-state index is 3.21. The molecule has 2 nitrogen and oxygen atoms in total. The van der Waals surface area contributed by atoms with E-state index < -0.39 is 0 Å². The van der Waals surface area contributed by atoms with Gasteiger partial charge in [-0.25, -0.2) is 0 Å². The van der Waals surface area contributed by atoms with Gasteiger partial charge in [-0.05, 0) is 52.2 Å². The number of rotatable bonds is 4. The first-order valence-corrected chi connectivity index (χ1v) is 5.62. The van der Waals surface area contributed by atoms with Gasteiger partial charge in [0.05, 0.1) is 0 Å². The van der Waals surface area contributed by atoms with E-state index in [1.807, 2.05) is 7.05 Å². The van der Waals surface area contributed by atoms with Gasteiger partial charge in [-0.2, -0.15) is 0 Å². The lowest BCUT2D eigenvalue weighted by Gasteiger charge is -2.36. The van der Waals surface area contributed by atoms with Crippen molar-refractivity contribution in [1.82, 2.24) is 10.2 Å². The third-order valence-electron chi connectivity index (χ3n) is 3.12. The van der Waals surface area contributed by atoms with Crippen LogP contribution in [-0.2, 0) is 0 Å². The highest BCUT2D eigenvalue weighted by Gasteiger charge is 2.21. The summed E-state index contributed by atoms with van der Waals surface area (Å²) in [6, 6.07) is 0.813. The molecule has 1 N–H and O–H groups in total. The first-order valence-electron chi connectivity index (χ1n) is 5.62. The van der Waals surface area contributed by atoms with Crippen LogP contribution < -0.4 is 5.32 Å². The molecule has 2 atom stereocenters. The Morgan fingerprint density at radius 2 is 2.08 bits per heavy atom. The number of hydrogen-bond donors (Lipinski definition) is 1. The third-order valence-corrected chi connectivity index (χ3v) is 3.12. The van der Waals surface area contributed by atoms with Gasteiger partial charge in [0.2, 0.25) is 0 Å². The van der Waals surface area contributed by atoms with Crippen LogP contribution in [0.25, 0.3) is 0 Å². The van der Waals surface area contributed by atoms with Crippen molar-refractivity contribution in [3.63, 3.8) is 0 Å². The van der Waals surface area contributed by atoms with E-state index in [9.17, 15) is 0 Å². The standard InChI is InChI=1S/C11H24N2/c1-10-5-6-11(2)13(9-10)8-4-7-12-3/h10-12H,4-9H2,1-3H3. The lowest BCUT2D eigenvalue weighted by atomic mass is 9.95. The van der Waals surface area contributed by atoms with E-state index in [0.29, 0.717) is 0 Å². The second-order valence-electron chi connectivity index (χ2n) is 4.48. The molecule has 1 rings (SSSR count). The van der Waals surface area contributed by atoms with Crippen molar-refractivity contribution in [3.05, 3.63) is 0 Å². The third kappa shape index (κ3) is 3.65. The fraction of sp³-hybridized carbons (Fsp3) is 1.00. The van der Waals surface area contributed by atoms with Gasteiger partial charge >= 0.3 is 0 Å². The minimum Gasteiger partial charge on any atom is -0.320 e. The first-order chi connectivity index (χ1) is 6.24. The van der Waals surface area contributed by atoms with Crippen LogP contribution in [0, 0.1) is 5.92 Å². The molecule has 1 fully saturated rings. The Morgan fingerprint density at radius 1 is 1.31 bits per heavy atom. The van der Waals surface area contributed by atoms with E-state index in [2.05, 4.69) is 24.1 Å². The zero-order chi connectivity index (χ0) is 9.68. The van der Waals surface area contributed by atoms with Gasteiger partial charge in [0.25, 0.3) is 0 Å². The van der Waals surface area contributed by atoms with Crippen LogP contribution in [0.2, 0.25) is 0 Å². The van der Waals surface area contributed by atoms with Crippen molar-refractivity contribution in [3.8, 4) is 0 Å². The van der Waals surface area contributed by atoms with E-state index in [0.717, 1.165) is 18.5 Å². The molecule has 1 heterocycles. The Kier molecular flexibility index (Phi) is 4.74. The highest BCUT2D eigenvalue weighted by atomic mass is 15.2. The Balaban J connectivity index is 2.21. The van der Waals surface area contributed by atoms with E-state index in [-0.39, 0.29) is 0 Å². The number of piperidine rings is 1. The number of nitrogens with one attached hydrogen (secondary N) is 1. The molecule has 0 bridgehead atoms. The maximum atomic E-state index is 3.21. The molecule has 1 aliphatic heterocycles. The molecule has 0 radical (unpaired) electrons. The lowest BCUT2D eigenvalue weighted by molar-refractivity contribution is 0.124. The summed E-state index contributed by atoms with van der Waals surface area (Å²) in [6.07, 6.45) is 4.10. The van der Waals surface area contributed by atoms with Crippen LogP contribution in [0.5, 0.6) is 0 Å². The molecular formula is C11H24N2. The molecule has 0 aromatic carbocycles. The van der Waals surface area contributed by atoms with Gasteiger partial charge in [0, 0.05) is 12.6 Å². The van der Waals surface area contributed by atoms with Crippen LogP contribution in [0.4, 0.5) is 0 Å². The molecule has 1 aliphatic rings. The van der Waals surface area contributed by atoms with Crippen LogP contribution >= 0.6 is 0 Å². The summed E-state index contributed by atoms with van der Waals surface area (Å²) in [7, 11) is 2.03. The summed E-state index contributed by atoms with van der Waals surface area (Å²) in [4.78, 5) is 2.64. The Labute approximate surface area is 82.7 Å². The van der Waals surface area contributed by atoms with Crippen LogP contribution in [0.1, 0.15) is 33.1 Å². The van der Waals surface area contributed by atoms with Crippen molar-refractivity contribution < 1.29 is 0 Å². The second-order valence-corrected chi connectivity index (χ2v) is 4.48. The fourth-order valence-corrected chi connectivity index (χ4v) is 2.15. The number of likely N-dealkylation sites (tertiary alicyclic amines) is 1. The molecule has 13 heavy (non-hydrogen) atoms. The summed E-state index contributed by atoms with van der Waals surface area (Å²) in [5.74, 6) is 0.908. The predicted octanol–water partition coefficient (Wildman–Crippen LogP) is 1.72. The average molecular weight is 184 g/mol. The average Bonchev–Trinajstić information content (AvgIpc) is 2.11. The van der Waals surface area contributed by atoms with Crippen molar-refractivity contribution in [2.24, 2.45) is 5.92 Å². The van der Waals surface area contributed by atoms with Gasteiger partial charge in [-0.3, -0.25) is 0 Å². The van der Waals surface area contributed by atoms with Gasteiger partial charge in [-0.1, -0.05) is 6.92 Å². The number of nitrogens with zero attached hydrogens (tertiary/aromatic N) is 1. The van der Waals surface area contributed by atoms with E-state index >= 15 is 0 Å². The molecule has 0 saturated carbocycles. The molecule has 78 valence electrons. The van der Waals surface area contributed by atoms with Crippen LogP contribution in [-0.4, -0.2) is 37.6 Å². The topological polar surface area (TPSA) is 15.3 Å². The number of hydrogen-bond acceptors (Lipinski definition) is 2. The largest absolute Gasteiger partial charge is 0.320 e. The molecule has 0 amide bonds. The van der Waals surface area contributed by atoms with E-state index in [4.69, 9.17) is 0 Å². The van der Waals surface area contributed by atoms with Crippen molar-refractivity contribution in [2.45, 2.75) is 39.2 Å². The molecule has 1 saturated heterocycles. The van der Waals surface area contributed by atoms with Gasteiger partial charge in [0.15, 0.2) is 0 Å². The normalized spacial score (nSPS) is 30.7. The van der Waals surface area contributed by atoms with Crippen LogP contribution in [0.15, 0.2) is 0 Å². The minimum atomic E-state index is 0.813. The van der Waals surface area contributed by atoms with Gasteiger partial charge in [-0.15, -0.1) is 0 Å². The summed E-state index contributed by atoms with van der Waals surface area (Å²) in [5.41, 5.74) is 0. The van der Waals surface area contributed by atoms with Crippen LogP contribution in [0.3, 0.4) is 0 Å². The Morgan fingerprint density at radius 3 is 2.77 bits per heavy atom. The fourth-order valence-electron chi connectivity index (χ4n) is 2.15. The smallest absolute Gasteiger partial charge is 0.00671 e. The molecule has 0 aromatic rings. The van der Waals surface area contributed by atoms with Crippen molar-refractivity contribution in [1.29, 1.82) is 0 Å². The predicted molar refractivity (Wildman–Crippen MR) is 58.0 cm³/mol. The molecule has 2 unspecified atom stereocenters. The molecule has 0 spiro atoms. The highest BCUT2D eigenvalue weighted by molar-refractivity contribution is 4.76. The summed E-state index contributed by atoms with van der Waals surface area (Å²) >= 11 is 0. The minimum absolute atomic E-state index is 0.813. The van der Waals surface area contributed by atoms with E-state index in [1.54, 1.807) is 0 Å². The Bertz CT molecular complexity index is 136.